The Labute approximate surface area is 127 Å². The molecule has 7 heteroatoms. The van der Waals surface area contributed by atoms with Gasteiger partial charge in [0.25, 0.3) is 0 Å². The molecule has 2 rings (SSSR count). The highest BCUT2D eigenvalue weighted by molar-refractivity contribution is 5.85. The third kappa shape index (κ3) is 4.31. The molecule has 120 valence electrons. The monoisotopic (exact) mass is 326 g/mol. The maximum Gasteiger partial charge on any atom is 0.416 e. The van der Waals surface area contributed by atoms with E-state index in [0.29, 0.717) is 19.5 Å². The molecular weight excluding hydrogens is 308 g/mol. The van der Waals surface area contributed by atoms with Gasteiger partial charge < -0.3 is 5.32 Å². The van der Waals surface area contributed by atoms with Gasteiger partial charge in [0, 0.05) is 32.2 Å². The molecule has 1 aromatic rings. The van der Waals surface area contributed by atoms with Crippen LogP contribution >= 0.6 is 12.4 Å². The van der Waals surface area contributed by atoms with Crippen molar-refractivity contribution in [3.05, 3.63) is 35.1 Å². The van der Waals surface area contributed by atoms with Crippen molar-refractivity contribution in [2.24, 2.45) is 0 Å². The number of piperazine rings is 1. The van der Waals surface area contributed by atoms with Gasteiger partial charge in [-0.05, 0) is 30.2 Å². The number of rotatable bonds is 3. The molecule has 0 spiro atoms. The van der Waals surface area contributed by atoms with E-state index < -0.39 is 23.6 Å². The summed E-state index contributed by atoms with van der Waals surface area (Å²) >= 11 is 0. The van der Waals surface area contributed by atoms with E-state index in [4.69, 9.17) is 0 Å². The van der Waals surface area contributed by atoms with Crippen LogP contribution in [-0.4, -0.2) is 31.1 Å². The van der Waals surface area contributed by atoms with Crippen LogP contribution in [0.2, 0.25) is 0 Å². The summed E-state index contributed by atoms with van der Waals surface area (Å²) in [5, 5.41) is 3.16. The number of alkyl halides is 3. The van der Waals surface area contributed by atoms with E-state index in [1.165, 1.54) is 0 Å². The number of nitrogens with zero attached hydrogens (tertiary/aromatic N) is 1. The zero-order valence-electron chi connectivity index (χ0n) is 11.7. The topological polar surface area (TPSA) is 15.3 Å². The summed E-state index contributed by atoms with van der Waals surface area (Å²) in [6.07, 6.45) is -3.93. The standard InChI is InChI=1S/C14H18F4N2.ClH/c1-2-13(20-7-5-19-6-8-20)11-9-10(15)3-4-12(11)14(16,17)18;/h3-4,9,13,19H,2,5-8H2,1H3;1H/t13-;/m1./s1. The zero-order chi connectivity index (χ0) is 14.8. The lowest BCUT2D eigenvalue weighted by Crippen LogP contribution is -2.45. The van der Waals surface area contributed by atoms with E-state index in [-0.39, 0.29) is 18.0 Å². The van der Waals surface area contributed by atoms with Gasteiger partial charge in [-0.2, -0.15) is 13.2 Å². The van der Waals surface area contributed by atoms with Crippen molar-refractivity contribution in [2.75, 3.05) is 26.2 Å². The van der Waals surface area contributed by atoms with Gasteiger partial charge in [-0.3, -0.25) is 4.90 Å². The third-order valence-corrected chi connectivity index (χ3v) is 3.66. The molecule has 2 nitrogen and oxygen atoms in total. The minimum atomic E-state index is -4.45. The second kappa shape index (κ2) is 7.42. The molecule has 1 aliphatic rings. The quantitative estimate of drug-likeness (QED) is 0.853. The smallest absolute Gasteiger partial charge is 0.314 e. The fourth-order valence-corrected chi connectivity index (χ4v) is 2.74. The van der Waals surface area contributed by atoms with Crippen LogP contribution in [0.25, 0.3) is 0 Å². The fourth-order valence-electron chi connectivity index (χ4n) is 2.74. The summed E-state index contributed by atoms with van der Waals surface area (Å²) in [6, 6.07) is 2.34. The maximum absolute atomic E-state index is 13.4. The molecule has 1 atom stereocenters. The number of hydrogen-bond donors (Lipinski definition) is 1. The Kier molecular flexibility index (Phi) is 6.43. The number of hydrogen-bond acceptors (Lipinski definition) is 2. The molecular formula is C14H19ClF4N2. The molecule has 0 amide bonds. The Morgan fingerprint density at radius 3 is 2.38 bits per heavy atom. The maximum atomic E-state index is 13.4. The van der Waals surface area contributed by atoms with Crippen molar-refractivity contribution in [3.63, 3.8) is 0 Å². The predicted molar refractivity (Wildman–Crippen MR) is 76.1 cm³/mol. The second-order valence-corrected chi connectivity index (χ2v) is 4.94. The Balaban J connectivity index is 0.00000220. The summed E-state index contributed by atoms with van der Waals surface area (Å²) < 4.78 is 52.7. The molecule has 0 aromatic heterocycles. The van der Waals surface area contributed by atoms with Gasteiger partial charge in [-0.25, -0.2) is 4.39 Å². The normalized spacial score (nSPS) is 18.1. The summed E-state index contributed by atoms with van der Waals surface area (Å²) in [5.74, 6) is -0.624. The van der Waals surface area contributed by atoms with E-state index in [1.54, 1.807) is 0 Å². The van der Waals surface area contributed by atoms with Crippen molar-refractivity contribution >= 4 is 12.4 Å². The highest BCUT2D eigenvalue weighted by Crippen LogP contribution is 2.37. The Hall–Kier alpha value is -0.850. The third-order valence-electron chi connectivity index (χ3n) is 3.66. The molecule has 0 unspecified atom stereocenters. The minimum Gasteiger partial charge on any atom is -0.314 e. The van der Waals surface area contributed by atoms with Crippen LogP contribution in [0.5, 0.6) is 0 Å². The number of benzene rings is 1. The van der Waals surface area contributed by atoms with Crippen LogP contribution in [0.1, 0.15) is 30.5 Å². The van der Waals surface area contributed by atoms with Crippen LogP contribution in [0, 0.1) is 5.82 Å². The van der Waals surface area contributed by atoms with Crippen LogP contribution in [0.15, 0.2) is 18.2 Å². The van der Waals surface area contributed by atoms with Crippen molar-refractivity contribution in [3.8, 4) is 0 Å². The summed E-state index contributed by atoms with van der Waals surface area (Å²) in [4.78, 5) is 1.99. The molecule has 0 radical (unpaired) electrons. The first-order valence-electron chi connectivity index (χ1n) is 6.75. The summed E-state index contributed by atoms with van der Waals surface area (Å²) in [7, 11) is 0. The Morgan fingerprint density at radius 2 is 1.86 bits per heavy atom. The van der Waals surface area contributed by atoms with Crippen molar-refractivity contribution < 1.29 is 17.6 Å². The van der Waals surface area contributed by atoms with E-state index >= 15 is 0 Å². The summed E-state index contributed by atoms with van der Waals surface area (Å²) in [6.45, 7) is 4.66. The van der Waals surface area contributed by atoms with Gasteiger partial charge in [0.1, 0.15) is 5.82 Å². The SMILES string of the molecule is CC[C@H](c1cc(F)ccc1C(F)(F)F)N1CCNCC1.Cl. The first-order valence-corrected chi connectivity index (χ1v) is 6.75. The lowest BCUT2D eigenvalue weighted by atomic mass is 9.96. The molecule has 0 bridgehead atoms. The van der Waals surface area contributed by atoms with E-state index in [1.807, 2.05) is 11.8 Å². The van der Waals surface area contributed by atoms with E-state index in [2.05, 4.69) is 5.32 Å². The average molecular weight is 327 g/mol. The highest BCUT2D eigenvalue weighted by atomic mass is 35.5. The first-order chi connectivity index (χ1) is 9.43. The largest absolute Gasteiger partial charge is 0.416 e. The lowest BCUT2D eigenvalue weighted by Gasteiger charge is -2.35. The predicted octanol–water partition coefficient (Wildman–Crippen LogP) is 3.62. The number of halogens is 5. The lowest BCUT2D eigenvalue weighted by molar-refractivity contribution is -0.138. The second-order valence-electron chi connectivity index (χ2n) is 4.94. The molecule has 21 heavy (non-hydrogen) atoms. The Bertz CT molecular complexity index is 459. The van der Waals surface area contributed by atoms with Crippen molar-refractivity contribution in [1.29, 1.82) is 0 Å². The molecule has 1 N–H and O–H groups in total. The van der Waals surface area contributed by atoms with Gasteiger partial charge in [0.15, 0.2) is 0 Å². The van der Waals surface area contributed by atoms with Gasteiger partial charge in [-0.1, -0.05) is 6.92 Å². The Morgan fingerprint density at radius 1 is 1.24 bits per heavy atom. The molecule has 1 heterocycles. The van der Waals surface area contributed by atoms with Crippen LogP contribution in [-0.2, 0) is 6.18 Å². The highest BCUT2D eigenvalue weighted by Gasteiger charge is 2.36. The van der Waals surface area contributed by atoms with E-state index in [9.17, 15) is 17.6 Å². The van der Waals surface area contributed by atoms with E-state index in [0.717, 1.165) is 31.3 Å². The minimum absolute atomic E-state index is 0. The van der Waals surface area contributed by atoms with Gasteiger partial charge in [0.05, 0.1) is 5.56 Å². The average Bonchev–Trinajstić information content (AvgIpc) is 2.39. The fraction of sp³-hybridized carbons (Fsp3) is 0.571. The van der Waals surface area contributed by atoms with Crippen LogP contribution < -0.4 is 5.32 Å². The first kappa shape index (κ1) is 18.2. The molecule has 1 saturated heterocycles. The molecule has 0 saturated carbocycles. The molecule has 1 fully saturated rings. The van der Waals surface area contributed by atoms with Crippen molar-refractivity contribution in [2.45, 2.75) is 25.6 Å². The summed E-state index contributed by atoms with van der Waals surface area (Å²) in [5.41, 5.74) is -0.689. The van der Waals surface area contributed by atoms with Crippen molar-refractivity contribution in [1.82, 2.24) is 10.2 Å². The number of nitrogens with one attached hydrogen (secondary N) is 1. The van der Waals surface area contributed by atoms with Gasteiger partial charge in [0.2, 0.25) is 0 Å². The van der Waals surface area contributed by atoms with Crippen LogP contribution in [0.4, 0.5) is 17.6 Å². The van der Waals surface area contributed by atoms with Gasteiger partial charge in [-0.15, -0.1) is 12.4 Å². The molecule has 1 aromatic carbocycles. The molecule has 1 aliphatic heterocycles. The van der Waals surface area contributed by atoms with Crippen LogP contribution in [0.3, 0.4) is 0 Å². The zero-order valence-corrected chi connectivity index (χ0v) is 12.5. The van der Waals surface area contributed by atoms with Gasteiger partial charge >= 0.3 is 6.18 Å². The molecule has 0 aliphatic carbocycles.